The number of unbranched alkanes of at least 4 members (excludes halogenated alkanes) is 1. The Morgan fingerprint density at radius 3 is 2.42 bits per heavy atom. The summed E-state index contributed by atoms with van der Waals surface area (Å²) in [4.78, 5) is 40.8. The van der Waals surface area contributed by atoms with Crippen LogP contribution in [0.5, 0.6) is 0 Å². The van der Waals surface area contributed by atoms with Crippen molar-refractivity contribution in [3.63, 3.8) is 0 Å². The van der Waals surface area contributed by atoms with Crippen molar-refractivity contribution in [3.05, 3.63) is 40.3 Å². The third-order valence-electron chi connectivity index (χ3n) is 7.27. The van der Waals surface area contributed by atoms with Crippen LogP contribution in [0.1, 0.15) is 31.2 Å². The number of azide groups is 1. The third-order valence-corrected chi connectivity index (χ3v) is 8.78. The lowest BCUT2D eigenvalue weighted by atomic mass is 10.0. The number of carbonyl (C=O) groups is 3. The van der Waals surface area contributed by atoms with E-state index in [4.69, 9.17) is 25.5 Å². The van der Waals surface area contributed by atoms with Gasteiger partial charge in [-0.15, -0.1) is 0 Å². The molecule has 2 fully saturated rings. The monoisotopic (exact) mass is 649 g/mol. The van der Waals surface area contributed by atoms with Gasteiger partial charge in [-0.1, -0.05) is 35.8 Å². The number of hydrogen-bond acceptors (Lipinski definition) is 10. The average Bonchev–Trinajstić information content (AvgIpc) is 3.58. The van der Waals surface area contributed by atoms with E-state index in [-0.39, 0.29) is 36.5 Å². The van der Waals surface area contributed by atoms with E-state index in [1.807, 2.05) is 28.8 Å². The molecule has 0 aliphatic carbocycles. The molecular weight excluding hydrogens is 602 g/mol. The van der Waals surface area contributed by atoms with Gasteiger partial charge in [-0.25, -0.2) is 4.79 Å². The van der Waals surface area contributed by atoms with Gasteiger partial charge >= 0.3 is 6.03 Å². The van der Waals surface area contributed by atoms with E-state index < -0.39 is 0 Å². The van der Waals surface area contributed by atoms with Gasteiger partial charge in [0, 0.05) is 60.7 Å². The Morgan fingerprint density at radius 1 is 1.00 bits per heavy atom. The fourth-order valence-corrected chi connectivity index (χ4v) is 6.58. The first-order valence-corrected chi connectivity index (χ1v) is 16.5. The number of urea groups is 1. The molecule has 1 aromatic carbocycles. The number of hydrogen-bond donors (Lipinski definition) is 5. The first-order valence-electron chi connectivity index (χ1n) is 15.5. The third kappa shape index (κ3) is 14.7. The fraction of sp³-hybridized carbons (Fsp3) is 0.690. The predicted molar refractivity (Wildman–Crippen MR) is 172 cm³/mol. The normalized spacial score (nSPS) is 18.6. The quantitative estimate of drug-likeness (QED) is 0.0360. The highest BCUT2D eigenvalue weighted by molar-refractivity contribution is 8.00. The van der Waals surface area contributed by atoms with Gasteiger partial charge in [0.25, 0.3) is 0 Å². The van der Waals surface area contributed by atoms with Crippen molar-refractivity contribution in [2.24, 2.45) is 10.8 Å². The number of fused-ring (bicyclic) bond motifs is 1. The molecule has 250 valence electrons. The summed E-state index contributed by atoms with van der Waals surface area (Å²) in [6.45, 7) is 4.99. The van der Waals surface area contributed by atoms with E-state index in [0.717, 1.165) is 30.6 Å². The summed E-state index contributed by atoms with van der Waals surface area (Å²) in [5.74, 6) is 0.840. The smallest absolute Gasteiger partial charge is 0.315 e. The van der Waals surface area contributed by atoms with Gasteiger partial charge in [0.1, 0.15) is 0 Å². The summed E-state index contributed by atoms with van der Waals surface area (Å²) >= 11 is 1.89. The highest BCUT2D eigenvalue weighted by Gasteiger charge is 2.42. The number of nitrogens with two attached hydrogens (primary N) is 1. The first-order chi connectivity index (χ1) is 22.0. The lowest BCUT2D eigenvalue weighted by molar-refractivity contribution is -0.123. The summed E-state index contributed by atoms with van der Waals surface area (Å²) in [6, 6.07) is 7.57. The second-order valence-electron chi connectivity index (χ2n) is 10.8. The van der Waals surface area contributed by atoms with Crippen LogP contribution in [0.4, 0.5) is 10.5 Å². The zero-order chi connectivity index (χ0) is 32.1. The maximum absolute atomic E-state index is 12.5. The van der Waals surface area contributed by atoms with Crippen LogP contribution < -0.4 is 27.0 Å². The fourth-order valence-electron chi connectivity index (χ4n) is 5.04. The van der Waals surface area contributed by atoms with Crippen molar-refractivity contribution >= 4 is 35.3 Å². The molecule has 0 bridgehead atoms. The van der Waals surface area contributed by atoms with Crippen molar-refractivity contribution in [2.45, 2.75) is 49.6 Å². The molecule has 1 aromatic rings. The van der Waals surface area contributed by atoms with Gasteiger partial charge in [0.15, 0.2) is 0 Å². The Labute approximate surface area is 268 Å². The van der Waals surface area contributed by atoms with Crippen molar-refractivity contribution in [2.75, 3.05) is 78.1 Å². The minimum atomic E-state index is -0.124. The number of nitrogens with zero attached hydrogens (tertiary/aromatic N) is 4. The molecule has 1 unspecified atom stereocenters. The lowest BCUT2D eigenvalue weighted by Gasteiger charge is -2.22. The van der Waals surface area contributed by atoms with Crippen LogP contribution in [0, 0.1) is 0 Å². The molecule has 16 heteroatoms. The standard InChI is InChI=1S/C29H47N9O6S/c30-9-13-42-16-12-38(19-22-5-7-23(8-6-22)36-37-31)20-27(40)33-11-15-44-18-17-43-14-10-32-26(39)4-2-1-3-25-28-24(21-45-25)34-29(41)35-28/h5-8,24-25,28H,1-4,9-21,30H2,(H,32,39)(H,33,40)(H2,34,35,41)/t24-,25-,28?/m0/s1. The van der Waals surface area contributed by atoms with Crippen LogP contribution in [-0.2, 0) is 30.3 Å². The minimum Gasteiger partial charge on any atom is -0.379 e. The summed E-state index contributed by atoms with van der Waals surface area (Å²) in [5, 5.41) is 15.7. The SMILES string of the molecule is [N-]=[N+]=Nc1ccc(CN(CCOCCN)CC(=O)NCCOCCOCCNC(=O)CCCC[C@@H]2SC[C@@H]3NC(=O)NC32)cc1. The van der Waals surface area contributed by atoms with Crippen LogP contribution in [0.3, 0.4) is 0 Å². The van der Waals surface area contributed by atoms with Gasteiger partial charge in [0.2, 0.25) is 11.8 Å². The molecule has 0 aromatic heterocycles. The van der Waals surface area contributed by atoms with Crippen molar-refractivity contribution < 1.29 is 28.6 Å². The van der Waals surface area contributed by atoms with Crippen LogP contribution in [0.2, 0.25) is 0 Å². The number of ether oxygens (including phenoxy) is 3. The largest absolute Gasteiger partial charge is 0.379 e. The second-order valence-corrected chi connectivity index (χ2v) is 12.0. The predicted octanol–water partition coefficient (Wildman–Crippen LogP) is 1.40. The van der Waals surface area contributed by atoms with Crippen LogP contribution >= 0.6 is 11.8 Å². The Hall–Kier alpha value is -3.11. The van der Waals surface area contributed by atoms with Gasteiger partial charge in [-0.05, 0) is 23.9 Å². The molecular formula is C29H47N9O6S. The van der Waals surface area contributed by atoms with E-state index in [1.54, 1.807) is 12.1 Å². The summed E-state index contributed by atoms with van der Waals surface area (Å²) in [7, 11) is 0. The Bertz CT molecular complexity index is 1090. The van der Waals surface area contributed by atoms with Crippen molar-refractivity contribution in [3.8, 4) is 0 Å². The zero-order valence-corrected chi connectivity index (χ0v) is 26.6. The number of nitrogens with one attached hydrogen (secondary N) is 4. The molecule has 45 heavy (non-hydrogen) atoms. The van der Waals surface area contributed by atoms with Crippen molar-refractivity contribution in [1.29, 1.82) is 0 Å². The topological polar surface area (TPSA) is 205 Å². The van der Waals surface area contributed by atoms with E-state index in [9.17, 15) is 14.4 Å². The molecule has 0 spiro atoms. The molecule has 3 rings (SSSR count). The molecule has 15 nitrogen and oxygen atoms in total. The van der Waals surface area contributed by atoms with Gasteiger partial charge in [0.05, 0.1) is 58.3 Å². The van der Waals surface area contributed by atoms with E-state index >= 15 is 0 Å². The Kier molecular flexibility index (Phi) is 17.4. The summed E-state index contributed by atoms with van der Waals surface area (Å²) in [5.41, 5.74) is 15.6. The minimum absolute atomic E-state index is 0.0169. The van der Waals surface area contributed by atoms with Crippen molar-refractivity contribution in [1.82, 2.24) is 26.2 Å². The number of thioether (sulfide) groups is 1. The van der Waals surface area contributed by atoms with Gasteiger partial charge < -0.3 is 41.2 Å². The lowest BCUT2D eigenvalue weighted by Crippen LogP contribution is -2.39. The summed E-state index contributed by atoms with van der Waals surface area (Å²) < 4.78 is 16.5. The average molecular weight is 650 g/mol. The highest BCUT2D eigenvalue weighted by Crippen LogP contribution is 2.33. The first kappa shape index (κ1) is 36.4. The Balaban J connectivity index is 1.16. The molecule has 2 aliphatic rings. The molecule has 0 radical (unpaired) electrons. The van der Waals surface area contributed by atoms with E-state index in [2.05, 4.69) is 31.3 Å². The maximum Gasteiger partial charge on any atom is 0.315 e. The van der Waals surface area contributed by atoms with E-state index in [1.165, 1.54) is 0 Å². The number of rotatable bonds is 24. The molecule has 4 amide bonds. The molecule has 6 N–H and O–H groups in total. The number of benzene rings is 1. The van der Waals surface area contributed by atoms with E-state index in [0.29, 0.717) is 89.7 Å². The van der Waals surface area contributed by atoms with Gasteiger partial charge in [-0.3, -0.25) is 14.5 Å². The highest BCUT2D eigenvalue weighted by atomic mass is 32.2. The molecule has 3 atom stereocenters. The second kappa shape index (κ2) is 21.6. The van der Waals surface area contributed by atoms with Crippen LogP contribution in [0.15, 0.2) is 29.4 Å². The molecule has 0 saturated carbocycles. The van der Waals surface area contributed by atoms with Crippen LogP contribution in [-0.4, -0.2) is 118 Å². The maximum atomic E-state index is 12.5. The molecule has 2 heterocycles. The molecule has 2 saturated heterocycles. The molecule has 2 aliphatic heterocycles. The van der Waals surface area contributed by atoms with Gasteiger partial charge in [-0.2, -0.15) is 11.8 Å². The van der Waals surface area contributed by atoms with Crippen LogP contribution in [0.25, 0.3) is 10.4 Å². The number of amides is 4. The summed E-state index contributed by atoms with van der Waals surface area (Å²) in [6.07, 6.45) is 3.25. The number of carbonyl (C=O) groups excluding carboxylic acids is 3. The Morgan fingerprint density at radius 2 is 1.71 bits per heavy atom. The zero-order valence-electron chi connectivity index (χ0n) is 25.8.